The summed E-state index contributed by atoms with van der Waals surface area (Å²) in [7, 11) is -3.43. The van der Waals surface area contributed by atoms with Crippen LogP contribution in [0, 0.1) is 17.8 Å². The SMILES string of the molecule is CS(=O)(=O)N1CC(=O)N2[C@H](C1)[C@H](c1ccc(C#CCC3CCCC3)cc1)[C@@H]2CO. The third kappa shape index (κ3) is 4.07. The molecule has 7 heteroatoms. The van der Waals surface area contributed by atoms with Gasteiger partial charge in [0.15, 0.2) is 0 Å². The van der Waals surface area contributed by atoms with Crippen LogP contribution in [-0.2, 0) is 14.8 Å². The summed E-state index contributed by atoms with van der Waals surface area (Å²) in [6, 6.07) is 7.42. The number of hydrogen-bond acceptors (Lipinski definition) is 4. The van der Waals surface area contributed by atoms with Crippen molar-refractivity contribution in [1.82, 2.24) is 9.21 Å². The third-order valence-electron chi connectivity index (χ3n) is 6.58. The van der Waals surface area contributed by atoms with E-state index in [0.29, 0.717) is 0 Å². The molecule has 2 saturated heterocycles. The third-order valence-corrected chi connectivity index (χ3v) is 7.80. The normalized spacial score (nSPS) is 27.9. The molecule has 3 atom stereocenters. The Labute approximate surface area is 172 Å². The Hall–Kier alpha value is -1.88. The van der Waals surface area contributed by atoms with Gasteiger partial charge in [0.25, 0.3) is 0 Å². The van der Waals surface area contributed by atoms with Gasteiger partial charge in [-0.05, 0) is 36.5 Å². The van der Waals surface area contributed by atoms with Gasteiger partial charge >= 0.3 is 0 Å². The molecule has 0 radical (unpaired) electrons. The zero-order valence-corrected chi connectivity index (χ0v) is 17.6. The average Bonchev–Trinajstić information content (AvgIpc) is 3.17. The van der Waals surface area contributed by atoms with E-state index in [1.54, 1.807) is 4.90 Å². The second kappa shape index (κ2) is 8.10. The van der Waals surface area contributed by atoms with Crippen LogP contribution in [0.3, 0.4) is 0 Å². The molecule has 0 bridgehead atoms. The van der Waals surface area contributed by atoms with E-state index in [-0.39, 0.29) is 43.6 Å². The van der Waals surface area contributed by atoms with Crippen molar-refractivity contribution in [3.8, 4) is 11.8 Å². The molecule has 1 aromatic carbocycles. The lowest BCUT2D eigenvalue weighted by molar-refractivity contribution is -0.158. The van der Waals surface area contributed by atoms with E-state index in [4.69, 9.17) is 0 Å². The Kier molecular flexibility index (Phi) is 5.69. The first-order valence-corrected chi connectivity index (χ1v) is 12.2. The van der Waals surface area contributed by atoms with Gasteiger partial charge in [0.2, 0.25) is 15.9 Å². The second-order valence-corrected chi connectivity index (χ2v) is 10.5. The summed E-state index contributed by atoms with van der Waals surface area (Å²) in [6.45, 7) is -0.00249. The van der Waals surface area contributed by atoms with Crippen LogP contribution in [-0.4, -0.2) is 66.7 Å². The summed E-state index contributed by atoms with van der Waals surface area (Å²) in [4.78, 5) is 14.1. The molecular weight excluding hydrogens is 388 g/mol. The highest BCUT2D eigenvalue weighted by Gasteiger charge is 2.54. The smallest absolute Gasteiger partial charge is 0.238 e. The van der Waals surface area contributed by atoms with Crippen molar-refractivity contribution in [3.63, 3.8) is 0 Å². The van der Waals surface area contributed by atoms with E-state index in [0.717, 1.165) is 29.7 Å². The first kappa shape index (κ1) is 20.4. The molecule has 0 aromatic heterocycles. The van der Waals surface area contributed by atoms with Crippen molar-refractivity contribution in [2.45, 2.75) is 50.1 Å². The minimum Gasteiger partial charge on any atom is -0.394 e. The Bertz CT molecular complexity index is 926. The molecule has 1 aromatic rings. The molecule has 0 spiro atoms. The van der Waals surface area contributed by atoms with Crippen LogP contribution in [0.2, 0.25) is 0 Å². The standard InChI is InChI=1S/C22H28N2O4S/c1-29(27,28)23-13-19-22(20(15-25)24(19)21(26)14-23)18-11-9-17(10-12-18)8-4-7-16-5-2-3-6-16/h9-12,16,19-20,22,25H,2-3,5-7,13-15H2,1H3/t19-,20+,22+/m1/s1. The molecule has 0 unspecified atom stereocenters. The number of fused-ring (bicyclic) bond motifs is 1. The van der Waals surface area contributed by atoms with Gasteiger partial charge in [-0.2, -0.15) is 4.31 Å². The van der Waals surface area contributed by atoms with E-state index < -0.39 is 10.0 Å². The minimum atomic E-state index is -3.43. The van der Waals surface area contributed by atoms with Crippen molar-refractivity contribution >= 4 is 15.9 Å². The van der Waals surface area contributed by atoms with E-state index >= 15 is 0 Å². The Morgan fingerprint density at radius 2 is 1.86 bits per heavy atom. The zero-order chi connectivity index (χ0) is 20.6. The monoisotopic (exact) mass is 416 g/mol. The maximum atomic E-state index is 12.4. The van der Waals surface area contributed by atoms with Gasteiger partial charge in [-0.3, -0.25) is 4.79 Å². The van der Waals surface area contributed by atoms with Crippen LogP contribution >= 0.6 is 0 Å². The van der Waals surface area contributed by atoms with Crippen LogP contribution in [0.1, 0.15) is 49.1 Å². The topological polar surface area (TPSA) is 77.9 Å². The van der Waals surface area contributed by atoms with E-state index in [1.165, 1.54) is 30.0 Å². The molecule has 2 heterocycles. The number of piperazine rings is 1. The van der Waals surface area contributed by atoms with Crippen molar-refractivity contribution in [2.24, 2.45) is 5.92 Å². The molecule has 6 nitrogen and oxygen atoms in total. The number of benzene rings is 1. The molecule has 1 amide bonds. The molecule has 1 N–H and O–H groups in total. The lowest BCUT2D eigenvalue weighted by Crippen LogP contribution is -2.73. The van der Waals surface area contributed by atoms with Gasteiger partial charge in [-0.1, -0.05) is 36.8 Å². The number of nitrogens with zero attached hydrogens (tertiary/aromatic N) is 2. The number of aliphatic hydroxyl groups excluding tert-OH is 1. The molecule has 3 aliphatic rings. The predicted octanol–water partition coefficient (Wildman–Crippen LogP) is 1.55. The van der Waals surface area contributed by atoms with Crippen molar-refractivity contribution in [2.75, 3.05) is 26.0 Å². The molecule has 3 fully saturated rings. The van der Waals surface area contributed by atoms with Gasteiger partial charge in [0, 0.05) is 24.4 Å². The van der Waals surface area contributed by atoms with Crippen LogP contribution in [0.4, 0.5) is 0 Å². The first-order chi connectivity index (χ1) is 13.9. The molecule has 1 saturated carbocycles. The lowest BCUT2D eigenvalue weighted by Gasteiger charge is -2.58. The fraction of sp³-hybridized carbons (Fsp3) is 0.591. The highest BCUT2D eigenvalue weighted by molar-refractivity contribution is 7.88. The molecule has 29 heavy (non-hydrogen) atoms. The average molecular weight is 417 g/mol. The molecule has 1 aliphatic carbocycles. The lowest BCUT2D eigenvalue weighted by atomic mass is 9.74. The summed E-state index contributed by atoms with van der Waals surface area (Å²) < 4.78 is 25.1. The number of aliphatic hydroxyl groups is 1. The summed E-state index contributed by atoms with van der Waals surface area (Å²) in [5.41, 5.74) is 1.97. The predicted molar refractivity (Wildman–Crippen MR) is 111 cm³/mol. The van der Waals surface area contributed by atoms with Gasteiger partial charge in [-0.25, -0.2) is 8.42 Å². The first-order valence-electron chi connectivity index (χ1n) is 10.3. The second-order valence-electron chi connectivity index (χ2n) is 8.48. The van der Waals surface area contributed by atoms with Crippen LogP contribution in [0.15, 0.2) is 24.3 Å². The van der Waals surface area contributed by atoms with Crippen LogP contribution in [0.25, 0.3) is 0 Å². The fourth-order valence-electron chi connectivity index (χ4n) is 5.02. The van der Waals surface area contributed by atoms with Crippen molar-refractivity contribution in [1.29, 1.82) is 0 Å². The Morgan fingerprint density at radius 3 is 2.48 bits per heavy atom. The zero-order valence-electron chi connectivity index (χ0n) is 16.8. The highest BCUT2D eigenvalue weighted by Crippen LogP contribution is 2.43. The van der Waals surface area contributed by atoms with E-state index in [1.807, 2.05) is 24.3 Å². The van der Waals surface area contributed by atoms with Crippen LogP contribution < -0.4 is 0 Å². The molecule has 4 rings (SSSR count). The maximum Gasteiger partial charge on any atom is 0.238 e. The van der Waals surface area contributed by atoms with E-state index in [2.05, 4.69) is 11.8 Å². The Morgan fingerprint density at radius 1 is 1.17 bits per heavy atom. The fourth-order valence-corrected chi connectivity index (χ4v) is 5.79. The molecule has 2 aliphatic heterocycles. The summed E-state index contributed by atoms with van der Waals surface area (Å²) >= 11 is 0. The largest absolute Gasteiger partial charge is 0.394 e. The molecular formula is C22H28N2O4S. The summed E-state index contributed by atoms with van der Waals surface area (Å²) in [6.07, 6.45) is 7.32. The number of carbonyl (C=O) groups excluding carboxylic acids is 1. The van der Waals surface area contributed by atoms with Crippen molar-refractivity contribution in [3.05, 3.63) is 35.4 Å². The molecule has 156 valence electrons. The Balaban J connectivity index is 1.48. The van der Waals surface area contributed by atoms with Crippen LogP contribution in [0.5, 0.6) is 0 Å². The quantitative estimate of drug-likeness (QED) is 0.756. The number of amides is 1. The highest BCUT2D eigenvalue weighted by atomic mass is 32.2. The maximum absolute atomic E-state index is 12.4. The summed E-state index contributed by atoms with van der Waals surface area (Å²) in [5, 5.41) is 9.83. The number of sulfonamides is 1. The number of hydrogen-bond donors (Lipinski definition) is 1. The summed E-state index contributed by atoms with van der Waals surface area (Å²) in [5.74, 6) is 6.97. The van der Waals surface area contributed by atoms with Gasteiger partial charge in [-0.15, -0.1) is 0 Å². The van der Waals surface area contributed by atoms with Gasteiger partial charge in [0.1, 0.15) is 0 Å². The van der Waals surface area contributed by atoms with Gasteiger partial charge < -0.3 is 10.0 Å². The van der Waals surface area contributed by atoms with Gasteiger partial charge in [0.05, 0.1) is 31.5 Å². The van der Waals surface area contributed by atoms with Crippen molar-refractivity contribution < 1.29 is 18.3 Å². The minimum absolute atomic E-state index is 0.0750. The number of rotatable bonds is 4. The van der Waals surface area contributed by atoms with E-state index in [9.17, 15) is 18.3 Å². The number of carbonyl (C=O) groups is 1.